The van der Waals surface area contributed by atoms with Gasteiger partial charge in [-0.05, 0) is 12.1 Å². The van der Waals surface area contributed by atoms with E-state index in [-0.39, 0.29) is 5.75 Å². The number of anilines is 1. The summed E-state index contributed by atoms with van der Waals surface area (Å²) in [6, 6.07) is 4.80. The minimum absolute atomic E-state index is 0.0429. The molecule has 0 atom stereocenters. The Morgan fingerprint density at radius 1 is 1.50 bits per heavy atom. The van der Waals surface area contributed by atoms with Crippen LogP contribution < -0.4 is 10.5 Å². The largest absolute Gasteiger partial charge is 0.504 e. The van der Waals surface area contributed by atoms with Crippen molar-refractivity contribution in [2.75, 3.05) is 12.8 Å². The minimum Gasteiger partial charge on any atom is -0.504 e. The predicted octanol–water partition coefficient (Wildman–Crippen LogP) is 2.03. The summed E-state index contributed by atoms with van der Waals surface area (Å²) in [4.78, 5) is 0. The summed E-state index contributed by atoms with van der Waals surface area (Å²) >= 11 is 6.00. The van der Waals surface area contributed by atoms with Crippen molar-refractivity contribution in [3.05, 3.63) is 23.2 Å². The number of phenols is 1. The molecule has 0 aliphatic heterocycles. The molecule has 0 unspecified atom stereocenters. The molecule has 0 bridgehead atoms. The number of aromatic nitrogens is 2. The van der Waals surface area contributed by atoms with Gasteiger partial charge < -0.3 is 15.6 Å². The molecule has 5 nitrogen and oxygen atoms in total. The number of methoxy groups -OCH3 is 1. The number of halogens is 1. The van der Waals surface area contributed by atoms with Gasteiger partial charge in [0.2, 0.25) is 0 Å². The van der Waals surface area contributed by atoms with Gasteiger partial charge in [-0.2, -0.15) is 5.10 Å². The number of H-pyrrole nitrogens is 1. The highest BCUT2D eigenvalue weighted by Gasteiger charge is 2.15. The number of nitrogens with two attached hydrogens (primary N) is 1. The third kappa shape index (κ3) is 1.65. The average Bonchev–Trinajstić information content (AvgIpc) is 2.65. The number of aromatic amines is 1. The number of hydrogen-bond acceptors (Lipinski definition) is 4. The van der Waals surface area contributed by atoms with Crippen molar-refractivity contribution < 1.29 is 9.84 Å². The number of aromatic hydroxyl groups is 1. The van der Waals surface area contributed by atoms with E-state index in [1.807, 2.05) is 0 Å². The fourth-order valence-electron chi connectivity index (χ4n) is 1.43. The first kappa shape index (κ1) is 10.6. The van der Waals surface area contributed by atoms with Gasteiger partial charge in [-0.3, -0.25) is 5.10 Å². The van der Waals surface area contributed by atoms with E-state index in [1.54, 1.807) is 18.2 Å². The zero-order valence-corrected chi connectivity index (χ0v) is 9.25. The second-order valence-electron chi connectivity index (χ2n) is 3.18. The molecule has 0 spiro atoms. The average molecular weight is 240 g/mol. The zero-order valence-electron chi connectivity index (χ0n) is 8.49. The molecule has 0 fully saturated rings. The summed E-state index contributed by atoms with van der Waals surface area (Å²) in [6.45, 7) is 0. The van der Waals surface area contributed by atoms with Gasteiger partial charge in [0.25, 0.3) is 0 Å². The minimum atomic E-state index is -0.0429. The molecule has 1 aromatic carbocycles. The quantitative estimate of drug-likeness (QED) is 0.749. The maximum atomic E-state index is 9.93. The zero-order chi connectivity index (χ0) is 11.7. The SMILES string of the molecule is COc1ccc(Cl)c(-c2cc(N)n[nH]2)c1O. The van der Waals surface area contributed by atoms with E-state index in [0.717, 1.165) is 0 Å². The number of phenolic OH excluding ortho intramolecular Hbond substituents is 1. The van der Waals surface area contributed by atoms with E-state index in [9.17, 15) is 5.11 Å². The number of hydrogen-bond donors (Lipinski definition) is 3. The van der Waals surface area contributed by atoms with Crippen LogP contribution in [0.25, 0.3) is 11.3 Å². The molecule has 0 saturated heterocycles. The fourth-order valence-corrected chi connectivity index (χ4v) is 1.69. The van der Waals surface area contributed by atoms with Gasteiger partial charge in [-0.25, -0.2) is 0 Å². The third-order valence-electron chi connectivity index (χ3n) is 2.18. The molecule has 1 aromatic heterocycles. The van der Waals surface area contributed by atoms with Crippen molar-refractivity contribution in [2.45, 2.75) is 0 Å². The number of rotatable bonds is 2. The first-order chi connectivity index (χ1) is 7.63. The van der Waals surface area contributed by atoms with Gasteiger partial charge >= 0.3 is 0 Å². The van der Waals surface area contributed by atoms with Gasteiger partial charge in [0.15, 0.2) is 11.5 Å². The molecule has 2 aromatic rings. The summed E-state index contributed by atoms with van der Waals surface area (Å²) in [5.74, 6) is 0.625. The Hall–Kier alpha value is -1.88. The van der Waals surface area contributed by atoms with Gasteiger partial charge in [-0.1, -0.05) is 11.6 Å². The van der Waals surface area contributed by atoms with E-state index >= 15 is 0 Å². The van der Waals surface area contributed by atoms with E-state index in [0.29, 0.717) is 27.8 Å². The van der Waals surface area contributed by atoms with Crippen LogP contribution in [0.15, 0.2) is 18.2 Å². The second-order valence-corrected chi connectivity index (χ2v) is 3.59. The van der Waals surface area contributed by atoms with E-state index in [2.05, 4.69) is 10.2 Å². The lowest BCUT2D eigenvalue weighted by Gasteiger charge is -2.08. The molecular weight excluding hydrogens is 230 g/mol. The molecule has 0 aliphatic carbocycles. The molecule has 0 aliphatic rings. The van der Waals surface area contributed by atoms with Crippen LogP contribution in [0.3, 0.4) is 0 Å². The highest BCUT2D eigenvalue weighted by atomic mass is 35.5. The number of ether oxygens (including phenoxy) is 1. The lowest BCUT2D eigenvalue weighted by Crippen LogP contribution is -1.87. The molecule has 0 saturated carbocycles. The van der Waals surface area contributed by atoms with Crippen LogP contribution in [0, 0.1) is 0 Å². The van der Waals surface area contributed by atoms with Gasteiger partial charge in [0.05, 0.1) is 23.4 Å². The van der Waals surface area contributed by atoms with Crippen LogP contribution in [-0.4, -0.2) is 22.4 Å². The molecular formula is C10H10ClN3O2. The van der Waals surface area contributed by atoms with Gasteiger partial charge in [0, 0.05) is 6.07 Å². The molecule has 1 heterocycles. The molecule has 6 heteroatoms. The number of benzene rings is 1. The monoisotopic (exact) mass is 239 g/mol. The molecule has 0 radical (unpaired) electrons. The Morgan fingerprint density at radius 3 is 2.81 bits per heavy atom. The topological polar surface area (TPSA) is 84.2 Å². The summed E-state index contributed by atoms with van der Waals surface area (Å²) in [5.41, 5.74) is 6.45. The summed E-state index contributed by atoms with van der Waals surface area (Å²) in [5, 5.41) is 16.8. The van der Waals surface area contributed by atoms with Crippen LogP contribution >= 0.6 is 11.6 Å². The van der Waals surface area contributed by atoms with Gasteiger partial charge in [0.1, 0.15) is 5.82 Å². The van der Waals surface area contributed by atoms with E-state index in [1.165, 1.54) is 7.11 Å². The Kier molecular flexibility index (Phi) is 2.62. The summed E-state index contributed by atoms with van der Waals surface area (Å²) in [7, 11) is 1.47. The molecule has 2 rings (SSSR count). The fraction of sp³-hybridized carbons (Fsp3) is 0.100. The van der Waals surface area contributed by atoms with Crippen LogP contribution in [0.4, 0.5) is 5.82 Å². The highest BCUT2D eigenvalue weighted by molar-refractivity contribution is 6.33. The van der Waals surface area contributed by atoms with Crippen molar-refractivity contribution in [1.29, 1.82) is 0 Å². The lowest BCUT2D eigenvalue weighted by molar-refractivity contribution is 0.374. The maximum absolute atomic E-state index is 9.93. The van der Waals surface area contributed by atoms with Gasteiger partial charge in [-0.15, -0.1) is 0 Å². The molecule has 16 heavy (non-hydrogen) atoms. The highest BCUT2D eigenvalue weighted by Crippen LogP contribution is 2.41. The van der Waals surface area contributed by atoms with Crippen LogP contribution in [0.5, 0.6) is 11.5 Å². The number of nitrogens with zero attached hydrogens (tertiary/aromatic N) is 1. The Morgan fingerprint density at radius 2 is 2.25 bits per heavy atom. The van der Waals surface area contributed by atoms with E-state index < -0.39 is 0 Å². The van der Waals surface area contributed by atoms with Crippen LogP contribution in [-0.2, 0) is 0 Å². The third-order valence-corrected chi connectivity index (χ3v) is 2.49. The summed E-state index contributed by atoms with van der Waals surface area (Å²) in [6.07, 6.45) is 0. The second kappa shape index (κ2) is 3.94. The Bertz CT molecular complexity index is 525. The smallest absolute Gasteiger partial charge is 0.168 e. The molecule has 84 valence electrons. The van der Waals surface area contributed by atoms with Crippen molar-refractivity contribution in [3.8, 4) is 22.8 Å². The normalized spacial score (nSPS) is 10.4. The molecule has 0 amide bonds. The van der Waals surface area contributed by atoms with Crippen molar-refractivity contribution >= 4 is 17.4 Å². The maximum Gasteiger partial charge on any atom is 0.168 e. The summed E-state index contributed by atoms with van der Waals surface area (Å²) < 4.78 is 4.99. The lowest BCUT2D eigenvalue weighted by atomic mass is 10.1. The Labute approximate surface area is 96.8 Å². The van der Waals surface area contributed by atoms with Crippen molar-refractivity contribution in [1.82, 2.24) is 10.2 Å². The van der Waals surface area contributed by atoms with Crippen molar-refractivity contribution in [2.24, 2.45) is 0 Å². The van der Waals surface area contributed by atoms with E-state index in [4.69, 9.17) is 22.1 Å². The first-order valence-corrected chi connectivity index (χ1v) is 4.88. The number of nitrogen functional groups attached to an aromatic ring is 1. The predicted molar refractivity (Wildman–Crippen MR) is 61.7 cm³/mol. The number of nitrogens with one attached hydrogen (secondary N) is 1. The standard InChI is InChI=1S/C10H10ClN3O2/c1-16-7-3-2-5(11)9(10(7)15)6-4-8(12)14-13-6/h2-4,15H,1H3,(H3,12,13,14). The molecule has 4 N–H and O–H groups in total. The first-order valence-electron chi connectivity index (χ1n) is 4.50. The van der Waals surface area contributed by atoms with Crippen LogP contribution in [0.2, 0.25) is 5.02 Å². The Balaban J connectivity index is 2.63. The van der Waals surface area contributed by atoms with Crippen LogP contribution in [0.1, 0.15) is 0 Å². The van der Waals surface area contributed by atoms with Crippen molar-refractivity contribution in [3.63, 3.8) is 0 Å².